The van der Waals surface area contributed by atoms with E-state index in [-0.39, 0.29) is 5.92 Å². The first kappa shape index (κ1) is 14.6. The van der Waals surface area contributed by atoms with Gasteiger partial charge in [0.15, 0.2) is 0 Å². The first-order valence-corrected chi connectivity index (χ1v) is 4.73. The molecule has 0 saturated heterocycles. The molecule has 0 aliphatic rings. The minimum atomic E-state index is -4.07. The van der Waals surface area contributed by atoms with Crippen molar-refractivity contribution in [2.75, 3.05) is 20.2 Å². The van der Waals surface area contributed by atoms with Gasteiger partial charge in [-0.05, 0) is 13.0 Å². The van der Waals surface area contributed by atoms with Crippen molar-refractivity contribution in [2.45, 2.75) is 32.3 Å². The summed E-state index contributed by atoms with van der Waals surface area (Å²) in [5, 5.41) is 2.76. The summed E-state index contributed by atoms with van der Waals surface area (Å²) in [5.74, 6) is -4.08. The van der Waals surface area contributed by atoms with Crippen LogP contribution < -0.4 is 5.32 Å². The highest BCUT2D eigenvalue weighted by Gasteiger charge is 2.41. The van der Waals surface area contributed by atoms with Crippen LogP contribution in [0.5, 0.6) is 0 Å². The molecule has 0 aromatic heterocycles. The second kappa shape index (κ2) is 6.27. The van der Waals surface area contributed by atoms with Crippen LogP contribution in [0.4, 0.5) is 17.6 Å². The standard InChI is InChI=1S/C9H17F4NO/c1-6(2)7(4-14-3)15-5-9(12,13)8(10)11/h6-8,14H,4-5H2,1-3H3. The van der Waals surface area contributed by atoms with Crippen molar-refractivity contribution in [3.8, 4) is 0 Å². The van der Waals surface area contributed by atoms with Crippen molar-refractivity contribution in [3.63, 3.8) is 0 Å². The van der Waals surface area contributed by atoms with Crippen LogP contribution in [-0.4, -0.2) is 38.7 Å². The summed E-state index contributed by atoms with van der Waals surface area (Å²) in [4.78, 5) is 0. The molecule has 0 fully saturated rings. The molecule has 15 heavy (non-hydrogen) atoms. The van der Waals surface area contributed by atoms with Crippen LogP contribution in [0, 0.1) is 5.92 Å². The molecule has 0 amide bonds. The van der Waals surface area contributed by atoms with E-state index in [4.69, 9.17) is 4.74 Å². The summed E-state index contributed by atoms with van der Waals surface area (Å²) in [5.41, 5.74) is 0. The second-order valence-corrected chi connectivity index (χ2v) is 3.71. The molecule has 0 aromatic rings. The number of ether oxygens (including phenoxy) is 1. The van der Waals surface area contributed by atoms with Crippen LogP contribution in [0.1, 0.15) is 13.8 Å². The minimum absolute atomic E-state index is 0.00841. The van der Waals surface area contributed by atoms with Gasteiger partial charge in [0.2, 0.25) is 0 Å². The Bertz CT molecular complexity index is 175. The van der Waals surface area contributed by atoms with Gasteiger partial charge in [0, 0.05) is 6.54 Å². The molecule has 92 valence electrons. The predicted octanol–water partition coefficient (Wildman–Crippen LogP) is 2.15. The summed E-state index contributed by atoms with van der Waals surface area (Å²) >= 11 is 0. The molecular weight excluding hydrogens is 214 g/mol. The van der Waals surface area contributed by atoms with Gasteiger partial charge >= 0.3 is 12.3 Å². The topological polar surface area (TPSA) is 21.3 Å². The fraction of sp³-hybridized carbons (Fsp3) is 1.00. The van der Waals surface area contributed by atoms with Gasteiger partial charge in [-0.1, -0.05) is 13.8 Å². The lowest BCUT2D eigenvalue weighted by atomic mass is 10.1. The maximum atomic E-state index is 12.5. The van der Waals surface area contributed by atoms with Gasteiger partial charge in [-0.25, -0.2) is 8.78 Å². The van der Waals surface area contributed by atoms with Gasteiger partial charge in [-0.15, -0.1) is 0 Å². The Morgan fingerprint density at radius 2 is 1.80 bits per heavy atom. The molecule has 0 radical (unpaired) electrons. The van der Waals surface area contributed by atoms with Crippen molar-refractivity contribution in [1.82, 2.24) is 5.32 Å². The summed E-state index contributed by atoms with van der Waals surface area (Å²) in [6.45, 7) is 2.68. The molecule has 2 nitrogen and oxygen atoms in total. The zero-order valence-electron chi connectivity index (χ0n) is 9.07. The number of rotatable bonds is 7. The van der Waals surface area contributed by atoms with Gasteiger partial charge < -0.3 is 10.1 Å². The first-order chi connectivity index (χ1) is 6.81. The highest BCUT2D eigenvalue weighted by molar-refractivity contribution is 4.71. The number of hydrogen-bond donors (Lipinski definition) is 1. The minimum Gasteiger partial charge on any atom is -0.370 e. The second-order valence-electron chi connectivity index (χ2n) is 3.71. The largest absolute Gasteiger partial charge is 0.370 e. The molecule has 0 bridgehead atoms. The number of halogens is 4. The van der Waals surface area contributed by atoms with E-state index in [1.807, 2.05) is 0 Å². The van der Waals surface area contributed by atoms with Crippen LogP contribution in [0.3, 0.4) is 0 Å². The quantitative estimate of drug-likeness (QED) is 0.678. The zero-order valence-corrected chi connectivity index (χ0v) is 9.07. The van der Waals surface area contributed by atoms with Gasteiger partial charge in [0.05, 0.1) is 6.10 Å². The third kappa shape index (κ3) is 5.32. The molecular formula is C9H17F4NO. The third-order valence-corrected chi connectivity index (χ3v) is 1.96. The molecule has 0 aliphatic carbocycles. The maximum Gasteiger partial charge on any atom is 0.330 e. The Labute approximate surface area is 87.0 Å². The lowest BCUT2D eigenvalue weighted by Crippen LogP contribution is -2.38. The van der Waals surface area contributed by atoms with E-state index in [9.17, 15) is 17.6 Å². The maximum absolute atomic E-state index is 12.5. The summed E-state index contributed by atoms with van der Waals surface area (Å²) in [7, 11) is 1.64. The molecule has 1 unspecified atom stereocenters. The molecule has 0 heterocycles. The third-order valence-electron chi connectivity index (χ3n) is 1.96. The van der Waals surface area contributed by atoms with Crippen LogP contribution in [0.2, 0.25) is 0 Å². The number of alkyl halides is 4. The van der Waals surface area contributed by atoms with E-state index in [2.05, 4.69) is 5.32 Å². The van der Waals surface area contributed by atoms with Gasteiger partial charge in [-0.3, -0.25) is 0 Å². The fourth-order valence-electron chi connectivity index (χ4n) is 0.969. The van der Waals surface area contributed by atoms with E-state index in [0.29, 0.717) is 6.54 Å². The van der Waals surface area contributed by atoms with E-state index in [0.717, 1.165) is 0 Å². The Balaban J connectivity index is 4.09. The van der Waals surface area contributed by atoms with Crippen LogP contribution in [-0.2, 0) is 4.74 Å². The van der Waals surface area contributed by atoms with Crippen LogP contribution >= 0.6 is 0 Å². The lowest BCUT2D eigenvalue weighted by Gasteiger charge is -2.24. The number of hydrogen-bond acceptors (Lipinski definition) is 2. The molecule has 0 saturated carbocycles. The molecule has 0 rings (SSSR count). The lowest BCUT2D eigenvalue weighted by molar-refractivity contribution is -0.179. The highest BCUT2D eigenvalue weighted by Crippen LogP contribution is 2.24. The molecule has 1 N–H and O–H groups in total. The smallest absolute Gasteiger partial charge is 0.330 e. The van der Waals surface area contributed by atoms with E-state index in [1.54, 1.807) is 20.9 Å². The summed E-state index contributed by atoms with van der Waals surface area (Å²) in [6, 6.07) is 0. The Hall–Kier alpha value is -0.360. The average molecular weight is 231 g/mol. The predicted molar refractivity (Wildman–Crippen MR) is 49.5 cm³/mol. The Morgan fingerprint density at radius 1 is 1.27 bits per heavy atom. The van der Waals surface area contributed by atoms with Gasteiger partial charge in [0.25, 0.3) is 0 Å². The molecule has 1 atom stereocenters. The van der Waals surface area contributed by atoms with Crippen molar-refractivity contribution < 1.29 is 22.3 Å². The van der Waals surface area contributed by atoms with E-state index < -0.39 is 25.1 Å². The molecule has 6 heteroatoms. The van der Waals surface area contributed by atoms with Gasteiger partial charge in [-0.2, -0.15) is 8.78 Å². The first-order valence-electron chi connectivity index (χ1n) is 4.73. The molecule has 0 spiro atoms. The SMILES string of the molecule is CNCC(OCC(F)(F)C(F)F)C(C)C. The summed E-state index contributed by atoms with van der Waals surface area (Å²) < 4.78 is 53.4. The average Bonchev–Trinajstić information content (AvgIpc) is 2.11. The van der Waals surface area contributed by atoms with Crippen molar-refractivity contribution in [1.29, 1.82) is 0 Å². The van der Waals surface area contributed by atoms with Crippen molar-refractivity contribution in [3.05, 3.63) is 0 Å². The number of nitrogens with one attached hydrogen (secondary N) is 1. The highest BCUT2D eigenvalue weighted by atomic mass is 19.3. The fourth-order valence-corrected chi connectivity index (χ4v) is 0.969. The van der Waals surface area contributed by atoms with Crippen molar-refractivity contribution in [2.24, 2.45) is 5.92 Å². The number of likely N-dealkylation sites (N-methyl/N-ethyl adjacent to an activating group) is 1. The van der Waals surface area contributed by atoms with Crippen molar-refractivity contribution >= 4 is 0 Å². The normalized spacial score (nSPS) is 15.0. The molecule has 0 aromatic carbocycles. The Kier molecular flexibility index (Phi) is 6.12. The van der Waals surface area contributed by atoms with Crippen LogP contribution in [0.15, 0.2) is 0 Å². The van der Waals surface area contributed by atoms with Crippen LogP contribution in [0.25, 0.3) is 0 Å². The van der Waals surface area contributed by atoms with E-state index in [1.165, 1.54) is 0 Å². The Morgan fingerprint density at radius 3 is 2.13 bits per heavy atom. The van der Waals surface area contributed by atoms with Gasteiger partial charge in [0.1, 0.15) is 6.61 Å². The monoisotopic (exact) mass is 231 g/mol. The summed E-state index contributed by atoms with van der Waals surface area (Å²) in [6.07, 6.45) is -4.17. The zero-order chi connectivity index (χ0) is 12.1. The molecule has 0 aliphatic heterocycles. The van der Waals surface area contributed by atoms with E-state index >= 15 is 0 Å².